The Morgan fingerprint density at radius 3 is 2.36 bits per heavy atom. The Kier molecular flexibility index (Phi) is 7.20. The van der Waals surface area contributed by atoms with Gasteiger partial charge in [0, 0.05) is 6.42 Å². The first-order valence-electron chi connectivity index (χ1n) is 9.15. The van der Waals surface area contributed by atoms with Gasteiger partial charge < -0.3 is 10.1 Å². The highest BCUT2D eigenvalue weighted by molar-refractivity contribution is 5.84. The zero-order valence-electron chi connectivity index (χ0n) is 15.8. The fourth-order valence-corrected chi connectivity index (χ4v) is 3.12. The number of hydrogen-bond donors (Lipinski definition) is 1. The second-order valence-electron chi connectivity index (χ2n) is 6.21. The zero-order valence-corrected chi connectivity index (χ0v) is 15.8. The van der Waals surface area contributed by atoms with Crippen molar-refractivity contribution in [3.05, 3.63) is 53.6 Å². The predicted octanol–water partition coefficient (Wildman–Crippen LogP) is 4.42. The van der Waals surface area contributed by atoms with E-state index >= 15 is 0 Å². The van der Waals surface area contributed by atoms with Gasteiger partial charge in [0.1, 0.15) is 11.5 Å². The summed E-state index contributed by atoms with van der Waals surface area (Å²) in [4.78, 5) is 12.1. The number of likely N-dealkylation sites (N-methyl/N-ethyl adjacent to an activating group) is 1. The van der Waals surface area contributed by atoms with Crippen molar-refractivity contribution in [1.82, 2.24) is 5.32 Å². The third-order valence-corrected chi connectivity index (χ3v) is 4.59. The van der Waals surface area contributed by atoms with Crippen LogP contribution in [-0.2, 0) is 17.6 Å². The van der Waals surface area contributed by atoms with Crippen molar-refractivity contribution in [1.29, 1.82) is 0 Å². The van der Waals surface area contributed by atoms with E-state index in [2.05, 4.69) is 48.6 Å². The zero-order chi connectivity index (χ0) is 18.2. The van der Waals surface area contributed by atoms with Crippen LogP contribution in [0, 0.1) is 0 Å². The van der Waals surface area contributed by atoms with Crippen molar-refractivity contribution in [3.63, 3.8) is 0 Å². The van der Waals surface area contributed by atoms with Crippen LogP contribution in [0.15, 0.2) is 42.5 Å². The number of benzene rings is 2. The molecule has 0 amide bonds. The third-order valence-electron chi connectivity index (χ3n) is 4.59. The third kappa shape index (κ3) is 4.93. The van der Waals surface area contributed by atoms with Crippen molar-refractivity contribution < 1.29 is 9.53 Å². The lowest BCUT2D eigenvalue weighted by molar-refractivity contribution is -0.120. The summed E-state index contributed by atoms with van der Waals surface area (Å²) in [5.41, 5.74) is 4.90. The summed E-state index contributed by atoms with van der Waals surface area (Å²) in [5, 5.41) is 3.30. The van der Waals surface area contributed by atoms with Crippen LogP contribution in [0.1, 0.15) is 38.3 Å². The summed E-state index contributed by atoms with van der Waals surface area (Å²) in [6.07, 6.45) is 2.27. The Morgan fingerprint density at radius 2 is 1.80 bits per heavy atom. The van der Waals surface area contributed by atoms with Gasteiger partial charge in [-0.15, -0.1) is 0 Å². The van der Waals surface area contributed by atoms with Gasteiger partial charge in [-0.2, -0.15) is 0 Å². The standard InChI is InChI=1S/C22H29NO2/c1-5-17-15-19(25-4)12-13-20(17)18-10-8-16(9-11-18)14-21(23-7-3)22(24)6-2/h8-13,15,21,23H,5-7,14H2,1-4H3. The number of Topliss-reactive ketones (excluding diaryl/α,β-unsaturated/α-hetero) is 1. The Labute approximate surface area is 151 Å². The molecule has 0 spiro atoms. The minimum absolute atomic E-state index is 0.0898. The number of rotatable bonds is 9. The number of ketones is 1. The normalized spacial score (nSPS) is 12.0. The van der Waals surface area contributed by atoms with Gasteiger partial charge in [-0.05, 0) is 53.8 Å². The Balaban J connectivity index is 2.20. The number of aryl methyl sites for hydroxylation is 1. The van der Waals surface area contributed by atoms with Gasteiger partial charge in [-0.25, -0.2) is 0 Å². The predicted molar refractivity (Wildman–Crippen MR) is 104 cm³/mol. The molecule has 3 nitrogen and oxygen atoms in total. The molecule has 1 atom stereocenters. The largest absolute Gasteiger partial charge is 0.497 e. The molecule has 2 rings (SSSR count). The molecule has 0 saturated heterocycles. The molecule has 0 heterocycles. The quantitative estimate of drug-likeness (QED) is 0.735. The number of carbonyl (C=O) groups is 1. The van der Waals surface area contributed by atoms with Crippen molar-refractivity contribution in [3.8, 4) is 16.9 Å². The molecule has 0 fully saturated rings. The highest BCUT2D eigenvalue weighted by atomic mass is 16.5. The summed E-state index contributed by atoms with van der Waals surface area (Å²) in [6, 6.07) is 14.7. The van der Waals surface area contributed by atoms with Crippen LogP contribution in [0.4, 0.5) is 0 Å². The molecule has 1 N–H and O–H groups in total. The molecule has 0 aromatic heterocycles. The van der Waals surface area contributed by atoms with Crippen molar-refractivity contribution in [2.45, 2.75) is 46.1 Å². The molecule has 3 heteroatoms. The summed E-state index contributed by atoms with van der Waals surface area (Å²) >= 11 is 0. The maximum absolute atomic E-state index is 12.1. The van der Waals surface area contributed by atoms with Crippen LogP contribution >= 0.6 is 0 Å². The molecule has 0 aliphatic rings. The fourth-order valence-electron chi connectivity index (χ4n) is 3.12. The van der Waals surface area contributed by atoms with E-state index in [-0.39, 0.29) is 11.8 Å². The molecule has 0 saturated carbocycles. The average Bonchev–Trinajstić information content (AvgIpc) is 2.67. The van der Waals surface area contributed by atoms with Crippen molar-refractivity contribution in [2.75, 3.05) is 13.7 Å². The molecule has 0 radical (unpaired) electrons. The molecular weight excluding hydrogens is 310 g/mol. The first-order valence-corrected chi connectivity index (χ1v) is 9.15. The Morgan fingerprint density at radius 1 is 1.08 bits per heavy atom. The van der Waals surface area contributed by atoms with Crippen LogP contribution in [0.25, 0.3) is 11.1 Å². The molecule has 25 heavy (non-hydrogen) atoms. The Hall–Kier alpha value is -2.13. The van der Waals surface area contributed by atoms with E-state index in [1.54, 1.807) is 7.11 Å². The van der Waals surface area contributed by atoms with Crippen LogP contribution < -0.4 is 10.1 Å². The lowest BCUT2D eigenvalue weighted by Gasteiger charge is -2.16. The van der Waals surface area contributed by atoms with Crippen molar-refractivity contribution >= 4 is 5.78 Å². The number of ether oxygens (including phenoxy) is 1. The van der Waals surface area contributed by atoms with Crippen LogP contribution in [0.3, 0.4) is 0 Å². The smallest absolute Gasteiger partial charge is 0.149 e. The minimum Gasteiger partial charge on any atom is -0.497 e. The number of hydrogen-bond acceptors (Lipinski definition) is 3. The van der Waals surface area contributed by atoms with E-state index in [9.17, 15) is 4.79 Å². The summed E-state index contributed by atoms with van der Waals surface area (Å²) in [7, 11) is 1.70. The fraction of sp³-hybridized carbons (Fsp3) is 0.409. The molecule has 2 aromatic carbocycles. The lowest BCUT2D eigenvalue weighted by atomic mass is 9.95. The van der Waals surface area contributed by atoms with Gasteiger partial charge in [0.25, 0.3) is 0 Å². The van der Waals surface area contributed by atoms with Gasteiger partial charge in [0.15, 0.2) is 0 Å². The summed E-state index contributed by atoms with van der Waals surface area (Å²) in [5.74, 6) is 1.16. The van der Waals surface area contributed by atoms with Gasteiger partial charge in [-0.3, -0.25) is 4.79 Å². The van der Waals surface area contributed by atoms with Crippen LogP contribution in [0.5, 0.6) is 5.75 Å². The van der Waals surface area contributed by atoms with Crippen LogP contribution in [-0.4, -0.2) is 25.5 Å². The first-order chi connectivity index (χ1) is 12.1. The maximum atomic E-state index is 12.1. The van der Waals surface area contributed by atoms with Gasteiger partial charge in [0.2, 0.25) is 0 Å². The van der Waals surface area contributed by atoms with Crippen molar-refractivity contribution in [2.24, 2.45) is 0 Å². The topological polar surface area (TPSA) is 38.3 Å². The molecule has 1 unspecified atom stereocenters. The molecule has 0 aliphatic heterocycles. The SMILES string of the molecule is CCNC(Cc1ccc(-c2ccc(OC)cc2CC)cc1)C(=O)CC. The number of nitrogens with one attached hydrogen (secondary N) is 1. The van der Waals surface area contributed by atoms with E-state index in [0.29, 0.717) is 6.42 Å². The maximum Gasteiger partial charge on any atom is 0.149 e. The van der Waals surface area contributed by atoms with Gasteiger partial charge in [-0.1, -0.05) is 51.1 Å². The van der Waals surface area contributed by atoms with E-state index < -0.39 is 0 Å². The highest BCUT2D eigenvalue weighted by Crippen LogP contribution is 2.28. The number of carbonyl (C=O) groups excluding carboxylic acids is 1. The minimum atomic E-state index is -0.0898. The monoisotopic (exact) mass is 339 g/mol. The molecular formula is C22H29NO2. The lowest BCUT2D eigenvalue weighted by Crippen LogP contribution is -2.38. The molecule has 2 aromatic rings. The first kappa shape index (κ1) is 19.2. The summed E-state index contributed by atoms with van der Waals surface area (Å²) in [6.45, 7) is 6.92. The van der Waals surface area contributed by atoms with E-state index in [0.717, 1.165) is 25.1 Å². The van der Waals surface area contributed by atoms with E-state index in [1.165, 1.54) is 22.3 Å². The van der Waals surface area contributed by atoms with E-state index in [4.69, 9.17) is 4.74 Å². The van der Waals surface area contributed by atoms with Gasteiger partial charge >= 0.3 is 0 Å². The molecule has 134 valence electrons. The second-order valence-corrected chi connectivity index (χ2v) is 6.21. The Bertz CT molecular complexity index is 692. The second kappa shape index (κ2) is 9.38. The molecule has 0 bridgehead atoms. The summed E-state index contributed by atoms with van der Waals surface area (Å²) < 4.78 is 5.33. The number of methoxy groups -OCH3 is 1. The highest BCUT2D eigenvalue weighted by Gasteiger charge is 2.16. The average molecular weight is 339 g/mol. The molecule has 0 aliphatic carbocycles. The van der Waals surface area contributed by atoms with Gasteiger partial charge in [0.05, 0.1) is 13.2 Å². The van der Waals surface area contributed by atoms with Crippen LogP contribution in [0.2, 0.25) is 0 Å². The van der Waals surface area contributed by atoms with E-state index in [1.807, 2.05) is 19.9 Å².